The number of aromatic nitrogens is 3. The quantitative estimate of drug-likeness (QED) is 0.822. The summed E-state index contributed by atoms with van der Waals surface area (Å²) in [5.74, 6) is 0.597. The number of carbonyl (C=O) groups excluding carboxylic acids is 1. The van der Waals surface area contributed by atoms with Crippen molar-refractivity contribution in [2.24, 2.45) is 5.73 Å². The molecule has 2 rings (SSSR count). The summed E-state index contributed by atoms with van der Waals surface area (Å²) in [5, 5.41) is 0. The van der Waals surface area contributed by atoms with Gasteiger partial charge in [-0.3, -0.25) is 9.78 Å². The van der Waals surface area contributed by atoms with E-state index >= 15 is 0 Å². The topological polar surface area (TPSA) is 87.9 Å². The summed E-state index contributed by atoms with van der Waals surface area (Å²) >= 11 is 0. The van der Waals surface area contributed by atoms with Crippen LogP contribution < -0.4 is 5.73 Å². The molecular formula is C12H15N5O. The van der Waals surface area contributed by atoms with Gasteiger partial charge in [-0.2, -0.15) is 0 Å². The van der Waals surface area contributed by atoms with Gasteiger partial charge in [0, 0.05) is 32.2 Å². The number of hydrogen-bond donors (Lipinski definition) is 2. The second kappa shape index (κ2) is 5.42. The zero-order chi connectivity index (χ0) is 13.0. The molecule has 2 aromatic rings. The minimum atomic E-state index is -0.144. The van der Waals surface area contributed by atoms with Gasteiger partial charge in [-0.25, -0.2) is 4.98 Å². The number of hydrogen-bond acceptors (Lipinski definition) is 4. The molecule has 0 aromatic carbocycles. The molecule has 2 aromatic heterocycles. The Kier molecular flexibility index (Phi) is 3.69. The van der Waals surface area contributed by atoms with Crippen molar-refractivity contribution in [2.45, 2.75) is 13.1 Å². The lowest BCUT2D eigenvalue weighted by Gasteiger charge is -2.15. The molecule has 0 unspecified atom stereocenters. The third kappa shape index (κ3) is 2.72. The first-order valence-electron chi connectivity index (χ1n) is 5.59. The van der Waals surface area contributed by atoms with Crippen molar-refractivity contribution in [3.63, 3.8) is 0 Å². The van der Waals surface area contributed by atoms with Crippen molar-refractivity contribution in [3.05, 3.63) is 47.8 Å². The second-order valence-corrected chi connectivity index (χ2v) is 3.95. The molecule has 0 saturated heterocycles. The molecule has 3 N–H and O–H groups in total. The van der Waals surface area contributed by atoms with Crippen LogP contribution in [0, 0.1) is 0 Å². The molecule has 0 bridgehead atoms. The van der Waals surface area contributed by atoms with E-state index in [0.29, 0.717) is 18.8 Å². The van der Waals surface area contributed by atoms with Gasteiger partial charge in [-0.05, 0) is 11.6 Å². The monoisotopic (exact) mass is 245 g/mol. The average Bonchev–Trinajstić information content (AvgIpc) is 2.91. The third-order valence-corrected chi connectivity index (χ3v) is 2.57. The third-order valence-electron chi connectivity index (χ3n) is 2.57. The van der Waals surface area contributed by atoms with Crippen LogP contribution in [0.2, 0.25) is 0 Å². The maximum atomic E-state index is 12.1. The van der Waals surface area contributed by atoms with Crippen molar-refractivity contribution in [1.29, 1.82) is 0 Å². The van der Waals surface area contributed by atoms with E-state index in [4.69, 9.17) is 5.73 Å². The summed E-state index contributed by atoms with van der Waals surface area (Å²) in [4.78, 5) is 24.7. The highest BCUT2D eigenvalue weighted by molar-refractivity contribution is 5.92. The fraction of sp³-hybridized carbons (Fsp3) is 0.250. The lowest BCUT2D eigenvalue weighted by Crippen LogP contribution is -2.27. The molecule has 0 radical (unpaired) electrons. The van der Waals surface area contributed by atoms with Gasteiger partial charge < -0.3 is 15.6 Å². The number of H-pyrrole nitrogens is 1. The SMILES string of the molecule is CN(Cc1ncc[nH]1)C(=O)c1ccc(CN)cn1. The van der Waals surface area contributed by atoms with Crippen LogP contribution in [0.1, 0.15) is 21.9 Å². The Bertz CT molecular complexity index is 506. The normalized spacial score (nSPS) is 10.3. The fourth-order valence-electron chi connectivity index (χ4n) is 1.55. The van der Waals surface area contributed by atoms with Gasteiger partial charge in [0.2, 0.25) is 0 Å². The highest BCUT2D eigenvalue weighted by Crippen LogP contribution is 2.05. The molecule has 6 nitrogen and oxygen atoms in total. The largest absolute Gasteiger partial charge is 0.347 e. The number of aromatic amines is 1. The summed E-state index contributed by atoms with van der Waals surface area (Å²) < 4.78 is 0. The second-order valence-electron chi connectivity index (χ2n) is 3.95. The van der Waals surface area contributed by atoms with E-state index in [1.807, 2.05) is 0 Å². The first-order valence-corrected chi connectivity index (χ1v) is 5.59. The highest BCUT2D eigenvalue weighted by atomic mass is 16.2. The van der Waals surface area contributed by atoms with Gasteiger partial charge in [-0.15, -0.1) is 0 Å². The van der Waals surface area contributed by atoms with Gasteiger partial charge in [0.1, 0.15) is 11.5 Å². The lowest BCUT2D eigenvalue weighted by molar-refractivity contribution is 0.0776. The van der Waals surface area contributed by atoms with E-state index < -0.39 is 0 Å². The molecular weight excluding hydrogens is 230 g/mol. The van der Waals surface area contributed by atoms with Crippen LogP contribution >= 0.6 is 0 Å². The summed E-state index contributed by atoms with van der Waals surface area (Å²) in [5.41, 5.74) is 6.79. The van der Waals surface area contributed by atoms with Crippen molar-refractivity contribution >= 4 is 5.91 Å². The van der Waals surface area contributed by atoms with Gasteiger partial charge in [0.05, 0.1) is 6.54 Å². The maximum absolute atomic E-state index is 12.1. The molecule has 18 heavy (non-hydrogen) atoms. The number of rotatable bonds is 4. The predicted molar refractivity (Wildman–Crippen MR) is 66.5 cm³/mol. The molecule has 0 aliphatic rings. The zero-order valence-corrected chi connectivity index (χ0v) is 10.1. The first kappa shape index (κ1) is 12.3. The highest BCUT2D eigenvalue weighted by Gasteiger charge is 2.13. The number of nitrogens with zero attached hydrogens (tertiary/aromatic N) is 3. The lowest BCUT2D eigenvalue weighted by atomic mass is 10.2. The van der Waals surface area contributed by atoms with Crippen LogP contribution in [0.4, 0.5) is 0 Å². The summed E-state index contributed by atoms with van der Waals surface area (Å²) in [7, 11) is 1.71. The molecule has 1 amide bonds. The summed E-state index contributed by atoms with van der Waals surface area (Å²) in [6.07, 6.45) is 5.00. The number of nitrogens with two attached hydrogens (primary N) is 1. The predicted octanol–water partition coefficient (Wildman–Crippen LogP) is 0.536. The number of carbonyl (C=O) groups is 1. The molecule has 94 valence electrons. The Hall–Kier alpha value is -2.21. The van der Waals surface area contributed by atoms with Gasteiger partial charge >= 0.3 is 0 Å². The maximum Gasteiger partial charge on any atom is 0.272 e. The van der Waals surface area contributed by atoms with Gasteiger partial charge in [-0.1, -0.05) is 6.07 Å². The van der Waals surface area contributed by atoms with E-state index in [-0.39, 0.29) is 5.91 Å². The number of nitrogens with one attached hydrogen (secondary N) is 1. The van der Waals surface area contributed by atoms with Crippen LogP contribution in [0.25, 0.3) is 0 Å². The van der Waals surface area contributed by atoms with Crippen LogP contribution in [-0.4, -0.2) is 32.8 Å². The standard InChI is InChI=1S/C12H15N5O/c1-17(8-11-14-4-5-15-11)12(18)10-3-2-9(6-13)7-16-10/h2-5,7H,6,8,13H2,1H3,(H,14,15). The molecule has 0 spiro atoms. The molecule has 6 heteroatoms. The minimum absolute atomic E-state index is 0.144. The number of pyridine rings is 1. The van der Waals surface area contributed by atoms with Crippen LogP contribution in [0.15, 0.2) is 30.7 Å². The Morgan fingerprint density at radius 2 is 2.28 bits per heavy atom. The van der Waals surface area contributed by atoms with E-state index in [1.165, 1.54) is 0 Å². The van der Waals surface area contributed by atoms with Crippen molar-refractivity contribution in [3.8, 4) is 0 Å². The van der Waals surface area contributed by atoms with Crippen LogP contribution in [0.3, 0.4) is 0 Å². The number of amides is 1. The van der Waals surface area contributed by atoms with Gasteiger partial charge in [0.15, 0.2) is 0 Å². The molecule has 0 saturated carbocycles. The molecule has 0 aliphatic carbocycles. The van der Waals surface area contributed by atoms with Crippen molar-refractivity contribution in [2.75, 3.05) is 7.05 Å². The summed E-state index contributed by atoms with van der Waals surface area (Å²) in [6.45, 7) is 0.843. The smallest absolute Gasteiger partial charge is 0.272 e. The van der Waals surface area contributed by atoms with E-state index in [1.54, 1.807) is 42.7 Å². The Balaban J connectivity index is 2.05. The van der Waals surface area contributed by atoms with Crippen LogP contribution in [-0.2, 0) is 13.1 Å². The van der Waals surface area contributed by atoms with E-state index in [0.717, 1.165) is 11.4 Å². The van der Waals surface area contributed by atoms with Gasteiger partial charge in [0.25, 0.3) is 5.91 Å². The molecule has 0 atom stereocenters. The average molecular weight is 245 g/mol. The zero-order valence-electron chi connectivity index (χ0n) is 10.1. The summed E-state index contributed by atoms with van der Waals surface area (Å²) in [6, 6.07) is 3.49. The van der Waals surface area contributed by atoms with Crippen molar-refractivity contribution in [1.82, 2.24) is 19.9 Å². The number of imidazole rings is 1. The van der Waals surface area contributed by atoms with Crippen LogP contribution in [0.5, 0.6) is 0 Å². The molecule has 0 aliphatic heterocycles. The Morgan fingerprint density at radius 1 is 1.44 bits per heavy atom. The fourth-order valence-corrected chi connectivity index (χ4v) is 1.55. The van der Waals surface area contributed by atoms with E-state index in [2.05, 4.69) is 15.0 Å². The Morgan fingerprint density at radius 3 is 2.83 bits per heavy atom. The first-order chi connectivity index (χ1) is 8.70. The molecule has 2 heterocycles. The Labute approximate surface area is 105 Å². The van der Waals surface area contributed by atoms with E-state index in [9.17, 15) is 4.79 Å². The van der Waals surface area contributed by atoms with Crippen molar-refractivity contribution < 1.29 is 4.79 Å². The molecule has 0 fully saturated rings. The minimum Gasteiger partial charge on any atom is -0.347 e.